The standard InChI is InChI=1S/C15H26N4O2/c1-3-13-10-18(6-7-19(13)8-9-20-2)11-14-16-17-15(21-14)12-4-5-12/h12-13H,3-11H2,1-2H3/t13-/m1/s1. The Morgan fingerprint density at radius 1 is 1.29 bits per heavy atom. The second-order valence-corrected chi connectivity index (χ2v) is 6.13. The summed E-state index contributed by atoms with van der Waals surface area (Å²) in [6.45, 7) is 8.09. The van der Waals surface area contributed by atoms with Gasteiger partial charge in [0.25, 0.3) is 0 Å². The quantitative estimate of drug-likeness (QED) is 0.759. The SMILES string of the molecule is CC[C@@H]1CN(Cc2nnc(C3CC3)o2)CCN1CCOC. The Morgan fingerprint density at radius 3 is 2.86 bits per heavy atom. The number of hydrogen-bond donors (Lipinski definition) is 0. The van der Waals surface area contributed by atoms with Gasteiger partial charge in [0.2, 0.25) is 11.8 Å². The Bertz CT molecular complexity index is 447. The second kappa shape index (κ2) is 6.85. The van der Waals surface area contributed by atoms with Crippen LogP contribution in [-0.4, -0.2) is 65.9 Å². The molecule has 6 heteroatoms. The molecule has 1 aliphatic carbocycles. The minimum Gasteiger partial charge on any atom is -0.424 e. The van der Waals surface area contributed by atoms with Crippen molar-refractivity contribution in [2.24, 2.45) is 0 Å². The molecular formula is C15H26N4O2. The predicted octanol–water partition coefficient (Wildman–Crippen LogP) is 1.49. The maximum atomic E-state index is 5.77. The average Bonchev–Trinajstić information content (AvgIpc) is 3.26. The molecule has 2 fully saturated rings. The van der Waals surface area contributed by atoms with Crippen molar-refractivity contribution >= 4 is 0 Å². The molecule has 2 aliphatic rings. The van der Waals surface area contributed by atoms with E-state index in [9.17, 15) is 0 Å². The van der Waals surface area contributed by atoms with E-state index in [0.717, 1.165) is 57.5 Å². The number of ether oxygens (including phenoxy) is 1. The van der Waals surface area contributed by atoms with Crippen LogP contribution in [-0.2, 0) is 11.3 Å². The van der Waals surface area contributed by atoms with Crippen LogP contribution in [0.1, 0.15) is 43.9 Å². The van der Waals surface area contributed by atoms with Crippen molar-refractivity contribution in [3.8, 4) is 0 Å². The van der Waals surface area contributed by atoms with Gasteiger partial charge in [-0.15, -0.1) is 10.2 Å². The van der Waals surface area contributed by atoms with Gasteiger partial charge >= 0.3 is 0 Å². The molecule has 1 atom stereocenters. The van der Waals surface area contributed by atoms with Gasteiger partial charge in [0.15, 0.2) is 0 Å². The summed E-state index contributed by atoms with van der Waals surface area (Å²) in [7, 11) is 1.77. The second-order valence-electron chi connectivity index (χ2n) is 6.13. The topological polar surface area (TPSA) is 54.6 Å². The van der Waals surface area contributed by atoms with Crippen LogP contribution in [0.15, 0.2) is 4.42 Å². The van der Waals surface area contributed by atoms with E-state index in [1.165, 1.54) is 12.8 Å². The fourth-order valence-corrected chi connectivity index (χ4v) is 3.01. The van der Waals surface area contributed by atoms with Crippen molar-refractivity contribution in [3.05, 3.63) is 11.8 Å². The molecule has 0 unspecified atom stereocenters. The fourth-order valence-electron chi connectivity index (χ4n) is 3.01. The molecular weight excluding hydrogens is 268 g/mol. The first-order valence-electron chi connectivity index (χ1n) is 8.07. The van der Waals surface area contributed by atoms with E-state index in [-0.39, 0.29) is 0 Å². The van der Waals surface area contributed by atoms with Gasteiger partial charge in [-0.1, -0.05) is 6.92 Å². The van der Waals surface area contributed by atoms with E-state index in [1.54, 1.807) is 7.11 Å². The third-order valence-corrected chi connectivity index (χ3v) is 4.51. The van der Waals surface area contributed by atoms with Crippen molar-refractivity contribution < 1.29 is 9.15 Å². The molecule has 21 heavy (non-hydrogen) atoms. The largest absolute Gasteiger partial charge is 0.424 e. The van der Waals surface area contributed by atoms with Gasteiger partial charge in [-0.3, -0.25) is 9.80 Å². The Hall–Kier alpha value is -0.980. The van der Waals surface area contributed by atoms with E-state index in [4.69, 9.17) is 9.15 Å². The summed E-state index contributed by atoms with van der Waals surface area (Å²) in [6.07, 6.45) is 3.58. The van der Waals surface area contributed by atoms with Gasteiger partial charge in [-0.2, -0.15) is 0 Å². The zero-order valence-corrected chi connectivity index (χ0v) is 13.1. The third-order valence-electron chi connectivity index (χ3n) is 4.51. The molecule has 1 aliphatic heterocycles. The first-order valence-corrected chi connectivity index (χ1v) is 8.07. The number of methoxy groups -OCH3 is 1. The van der Waals surface area contributed by atoms with E-state index in [2.05, 4.69) is 26.9 Å². The highest BCUT2D eigenvalue weighted by molar-refractivity contribution is 5.00. The molecule has 3 rings (SSSR count). The predicted molar refractivity (Wildman–Crippen MR) is 79.1 cm³/mol. The van der Waals surface area contributed by atoms with Gasteiger partial charge < -0.3 is 9.15 Å². The minimum absolute atomic E-state index is 0.542. The molecule has 0 amide bonds. The summed E-state index contributed by atoms with van der Waals surface area (Å²) in [6, 6.07) is 0.597. The van der Waals surface area contributed by atoms with E-state index >= 15 is 0 Å². The summed E-state index contributed by atoms with van der Waals surface area (Å²) in [5.74, 6) is 2.16. The number of rotatable bonds is 7. The summed E-state index contributed by atoms with van der Waals surface area (Å²) in [5, 5.41) is 8.37. The first kappa shape index (κ1) is 14.9. The molecule has 118 valence electrons. The zero-order chi connectivity index (χ0) is 14.7. The molecule has 0 spiro atoms. The Morgan fingerprint density at radius 2 is 2.14 bits per heavy atom. The Balaban J connectivity index is 1.52. The normalized spacial score (nSPS) is 24.6. The third kappa shape index (κ3) is 3.81. The summed E-state index contributed by atoms with van der Waals surface area (Å²) in [5.41, 5.74) is 0. The lowest BCUT2D eigenvalue weighted by molar-refractivity contribution is 0.0430. The molecule has 0 aromatic carbocycles. The molecule has 1 aromatic rings. The summed E-state index contributed by atoms with van der Waals surface area (Å²) in [4.78, 5) is 4.96. The van der Waals surface area contributed by atoms with Gasteiger partial charge in [-0.05, 0) is 19.3 Å². The van der Waals surface area contributed by atoms with Crippen LogP contribution in [0.25, 0.3) is 0 Å². The maximum Gasteiger partial charge on any atom is 0.230 e. The van der Waals surface area contributed by atoms with Crippen LogP contribution in [0.2, 0.25) is 0 Å². The molecule has 1 aromatic heterocycles. The van der Waals surface area contributed by atoms with Gasteiger partial charge in [0.05, 0.1) is 13.2 Å². The van der Waals surface area contributed by atoms with Crippen molar-refractivity contribution in [1.82, 2.24) is 20.0 Å². The fraction of sp³-hybridized carbons (Fsp3) is 0.867. The van der Waals surface area contributed by atoms with E-state index in [1.807, 2.05) is 0 Å². The first-order chi connectivity index (χ1) is 10.3. The smallest absolute Gasteiger partial charge is 0.230 e. The van der Waals surface area contributed by atoms with Crippen molar-refractivity contribution in [2.45, 2.75) is 44.7 Å². The van der Waals surface area contributed by atoms with Gasteiger partial charge in [0.1, 0.15) is 0 Å². The van der Waals surface area contributed by atoms with Crippen molar-refractivity contribution in [1.29, 1.82) is 0 Å². The lowest BCUT2D eigenvalue weighted by Crippen LogP contribution is -2.53. The van der Waals surface area contributed by atoms with Gasteiger partial charge in [0, 0.05) is 45.2 Å². The van der Waals surface area contributed by atoms with Crippen molar-refractivity contribution in [2.75, 3.05) is 39.9 Å². The zero-order valence-electron chi connectivity index (χ0n) is 13.1. The highest BCUT2D eigenvalue weighted by atomic mass is 16.5. The van der Waals surface area contributed by atoms with Crippen LogP contribution < -0.4 is 0 Å². The summed E-state index contributed by atoms with van der Waals surface area (Å²) < 4.78 is 11.0. The number of piperazine rings is 1. The van der Waals surface area contributed by atoms with Crippen LogP contribution in [0, 0.1) is 0 Å². The Labute approximate surface area is 126 Å². The lowest BCUT2D eigenvalue weighted by Gasteiger charge is -2.40. The molecule has 0 bridgehead atoms. The Kier molecular flexibility index (Phi) is 4.87. The molecule has 6 nitrogen and oxygen atoms in total. The summed E-state index contributed by atoms with van der Waals surface area (Å²) >= 11 is 0. The van der Waals surface area contributed by atoms with Gasteiger partial charge in [-0.25, -0.2) is 0 Å². The van der Waals surface area contributed by atoms with E-state index in [0.29, 0.717) is 12.0 Å². The highest BCUT2D eigenvalue weighted by Gasteiger charge is 2.30. The lowest BCUT2D eigenvalue weighted by atomic mass is 10.1. The molecule has 0 radical (unpaired) electrons. The molecule has 1 saturated heterocycles. The maximum absolute atomic E-state index is 5.77. The minimum atomic E-state index is 0.542. The monoisotopic (exact) mass is 294 g/mol. The van der Waals surface area contributed by atoms with Crippen LogP contribution in [0.3, 0.4) is 0 Å². The van der Waals surface area contributed by atoms with Crippen LogP contribution in [0.5, 0.6) is 0 Å². The van der Waals surface area contributed by atoms with Crippen LogP contribution in [0.4, 0.5) is 0 Å². The van der Waals surface area contributed by atoms with Crippen molar-refractivity contribution in [3.63, 3.8) is 0 Å². The van der Waals surface area contributed by atoms with E-state index < -0.39 is 0 Å². The van der Waals surface area contributed by atoms with Crippen LogP contribution >= 0.6 is 0 Å². The number of nitrogens with zero attached hydrogens (tertiary/aromatic N) is 4. The number of hydrogen-bond acceptors (Lipinski definition) is 6. The highest BCUT2D eigenvalue weighted by Crippen LogP contribution is 2.39. The molecule has 0 N–H and O–H groups in total. The molecule has 2 heterocycles. The molecule has 1 saturated carbocycles. The average molecular weight is 294 g/mol. The number of aromatic nitrogens is 2.